The van der Waals surface area contributed by atoms with E-state index in [0.717, 1.165) is 38.7 Å². The van der Waals surface area contributed by atoms with Gasteiger partial charge in [0.2, 0.25) is 0 Å². The Morgan fingerprint density at radius 2 is 1.82 bits per heavy atom. The molecule has 0 aromatic carbocycles. The molecular formula is C12H25IN2O2. The summed E-state index contributed by atoms with van der Waals surface area (Å²) in [5.74, 6) is 0. The van der Waals surface area contributed by atoms with Gasteiger partial charge in [-0.1, -0.05) is 22.6 Å². The standard InChI is InChI=1S/C11H22N2O2.CH3I/c12-10-7-15-6-5-11(10)13-8-1-3-9(14)4-2-8;1-2/h8-11,13-14H,1-7,12H2;1H3/t8?,9?,10-,11-;/m1./s1. The molecule has 1 saturated carbocycles. The maximum absolute atomic E-state index is 9.41. The number of hydrogen-bond acceptors (Lipinski definition) is 4. The highest BCUT2D eigenvalue weighted by Crippen LogP contribution is 2.20. The third-order valence-corrected chi connectivity index (χ3v) is 3.55. The molecule has 0 aromatic heterocycles. The maximum atomic E-state index is 9.41. The number of nitrogens with two attached hydrogens (primary N) is 1. The number of rotatable bonds is 2. The van der Waals surface area contributed by atoms with Crippen LogP contribution in [0.1, 0.15) is 32.1 Å². The fraction of sp³-hybridized carbons (Fsp3) is 1.00. The fourth-order valence-electron chi connectivity index (χ4n) is 2.51. The summed E-state index contributed by atoms with van der Waals surface area (Å²) in [7, 11) is 0. The summed E-state index contributed by atoms with van der Waals surface area (Å²) in [5, 5.41) is 13.0. The summed E-state index contributed by atoms with van der Waals surface area (Å²) in [6, 6.07) is 1.08. The summed E-state index contributed by atoms with van der Waals surface area (Å²) in [6.07, 6.45) is 4.94. The minimum absolute atomic E-state index is 0.0774. The first-order chi connectivity index (χ1) is 8.25. The van der Waals surface area contributed by atoms with Crippen molar-refractivity contribution in [2.45, 2.75) is 56.3 Å². The van der Waals surface area contributed by atoms with Gasteiger partial charge in [-0.05, 0) is 37.0 Å². The van der Waals surface area contributed by atoms with Crippen LogP contribution >= 0.6 is 22.6 Å². The van der Waals surface area contributed by atoms with E-state index in [4.69, 9.17) is 10.5 Å². The molecule has 0 amide bonds. The second-order valence-corrected chi connectivity index (χ2v) is 4.81. The van der Waals surface area contributed by atoms with Gasteiger partial charge in [0.1, 0.15) is 0 Å². The third-order valence-electron chi connectivity index (χ3n) is 3.55. The van der Waals surface area contributed by atoms with Crippen LogP contribution in [0.4, 0.5) is 0 Å². The van der Waals surface area contributed by atoms with E-state index >= 15 is 0 Å². The Morgan fingerprint density at radius 3 is 2.41 bits per heavy atom. The smallest absolute Gasteiger partial charge is 0.0632 e. The number of nitrogens with one attached hydrogen (secondary N) is 1. The zero-order chi connectivity index (χ0) is 12.7. The van der Waals surface area contributed by atoms with Crippen LogP contribution < -0.4 is 11.1 Å². The molecule has 0 radical (unpaired) electrons. The molecule has 1 aliphatic heterocycles. The maximum Gasteiger partial charge on any atom is 0.0632 e. The third kappa shape index (κ3) is 5.38. The second-order valence-electron chi connectivity index (χ2n) is 4.81. The van der Waals surface area contributed by atoms with Crippen LogP contribution in [0.3, 0.4) is 0 Å². The molecule has 1 saturated heterocycles. The Labute approximate surface area is 118 Å². The van der Waals surface area contributed by atoms with Crippen molar-refractivity contribution in [1.29, 1.82) is 0 Å². The minimum atomic E-state index is -0.0774. The van der Waals surface area contributed by atoms with Crippen molar-refractivity contribution in [3.05, 3.63) is 0 Å². The van der Waals surface area contributed by atoms with E-state index in [1.807, 2.05) is 4.93 Å². The topological polar surface area (TPSA) is 67.5 Å². The fourth-order valence-corrected chi connectivity index (χ4v) is 2.51. The molecule has 5 heteroatoms. The predicted molar refractivity (Wildman–Crippen MR) is 78.5 cm³/mol. The molecule has 102 valence electrons. The van der Waals surface area contributed by atoms with Gasteiger partial charge < -0.3 is 20.9 Å². The van der Waals surface area contributed by atoms with Crippen LogP contribution in [0.5, 0.6) is 0 Å². The monoisotopic (exact) mass is 356 g/mol. The van der Waals surface area contributed by atoms with Gasteiger partial charge in [-0.3, -0.25) is 0 Å². The summed E-state index contributed by atoms with van der Waals surface area (Å²) in [6.45, 7) is 1.49. The van der Waals surface area contributed by atoms with Crippen molar-refractivity contribution in [3.63, 3.8) is 0 Å². The van der Waals surface area contributed by atoms with Crippen LogP contribution in [0.25, 0.3) is 0 Å². The molecule has 2 fully saturated rings. The van der Waals surface area contributed by atoms with Crippen molar-refractivity contribution in [1.82, 2.24) is 5.32 Å². The van der Waals surface area contributed by atoms with Crippen LogP contribution in [0, 0.1) is 0 Å². The van der Waals surface area contributed by atoms with Crippen molar-refractivity contribution >= 4 is 22.6 Å². The molecule has 1 heterocycles. The molecular weight excluding hydrogens is 331 g/mol. The SMILES string of the molecule is CI.N[C@@H]1COCC[C@H]1NC1CCC(O)CC1. The number of aliphatic hydroxyl groups excluding tert-OH is 1. The Morgan fingerprint density at radius 1 is 1.18 bits per heavy atom. The summed E-state index contributed by atoms with van der Waals surface area (Å²) in [4.78, 5) is 1.97. The van der Waals surface area contributed by atoms with Gasteiger partial charge >= 0.3 is 0 Å². The van der Waals surface area contributed by atoms with E-state index in [0.29, 0.717) is 18.7 Å². The lowest BCUT2D eigenvalue weighted by Crippen LogP contribution is -2.54. The minimum Gasteiger partial charge on any atom is -0.393 e. The van der Waals surface area contributed by atoms with Crippen molar-refractivity contribution in [2.75, 3.05) is 18.1 Å². The Bertz CT molecular complexity index is 199. The molecule has 4 nitrogen and oxygen atoms in total. The molecule has 2 atom stereocenters. The van der Waals surface area contributed by atoms with E-state index in [1.54, 1.807) is 0 Å². The molecule has 0 spiro atoms. The second kappa shape index (κ2) is 8.63. The van der Waals surface area contributed by atoms with Crippen LogP contribution in [-0.4, -0.2) is 47.5 Å². The van der Waals surface area contributed by atoms with Gasteiger partial charge in [0.15, 0.2) is 0 Å². The van der Waals surface area contributed by atoms with E-state index in [9.17, 15) is 5.11 Å². The quantitative estimate of drug-likeness (QED) is 0.511. The molecule has 0 aromatic rings. The highest BCUT2D eigenvalue weighted by Gasteiger charge is 2.26. The molecule has 2 rings (SSSR count). The first kappa shape index (κ1) is 15.6. The molecule has 17 heavy (non-hydrogen) atoms. The van der Waals surface area contributed by atoms with Crippen molar-refractivity contribution < 1.29 is 9.84 Å². The Hall–Kier alpha value is 0.570. The number of halogens is 1. The molecule has 4 N–H and O–H groups in total. The first-order valence-corrected chi connectivity index (χ1v) is 8.56. The average Bonchev–Trinajstić information content (AvgIpc) is 2.37. The lowest BCUT2D eigenvalue weighted by atomic mass is 9.91. The van der Waals surface area contributed by atoms with Crippen LogP contribution in [0.15, 0.2) is 0 Å². The van der Waals surface area contributed by atoms with E-state index < -0.39 is 0 Å². The number of hydrogen-bond donors (Lipinski definition) is 3. The predicted octanol–water partition coefficient (Wildman–Crippen LogP) is 1.05. The zero-order valence-corrected chi connectivity index (χ0v) is 12.7. The van der Waals surface area contributed by atoms with Gasteiger partial charge in [0.25, 0.3) is 0 Å². The van der Waals surface area contributed by atoms with Crippen LogP contribution in [0.2, 0.25) is 0 Å². The van der Waals surface area contributed by atoms with Gasteiger partial charge in [-0.2, -0.15) is 0 Å². The van der Waals surface area contributed by atoms with Crippen molar-refractivity contribution in [2.24, 2.45) is 5.73 Å². The van der Waals surface area contributed by atoms with Gasteiger partial charge in [0.05, 0.1) is 12.7 Å². The lowest BCUT2D eigenvalue weighted by Gasteiger charge is -2.35. The highest BCUT2D eigenvalue weighted by atomic mass is 127. The van der Waals surface area contributed by atoms with Crippen molar-refractivity contribution in [3.8, 4) is 0 Å². The van der Waals surface area contributed by atoms with Gasteiger partial charge in [0, 0.05) is 24.7 Å². The van der Waals surface area contributed by atoms with Crippen LogP contribution in [-0.2, 0) is 4.74 Å². The summed E-state index contributed by atoms with van der Waals surface area (Å²) < 4.78 is 5.31. The first-order valence-electron chi connectivity index (χ1n) is 6.41. The number of alkyl halides is 1. The normalized spacial score (nSPS) is 38.1. The molecule has 0 unspecified atom stereocenters. The zero-order valence-electron chi connectivity index (χ0n) is 10.6. The molecule has 2 aliphatic rings. The Balaban J connectivity index is 0.000000686. The van der Waals surface area contributed by atoms with Gasteiger partial charge in [-0.15, -0.1) is 0 Å². The van der Waals surface area contributed by atoms with E-state index in [-0.39, 0.29) is 12.1 Å². The summed E-state index contributed by atoms with van der Waals surface area (Å²) >= 11 is 2.15. The van der Waals surface area contributed by atoms with Gasteiger partial charge in [-0.25, -0.2) is 0 Å². The molecule has 1 aliphatic carbocycles. The number of aliphatic hydroxyl groups is 1. The van der Waals surface area contributed by atoms with E-state index in [2.05, 4.69) is 27.9 Å². The van der Waals surface area contributed by atoms with E-state index in [1.165, 1.54) is 0 Å². The largest absolute Gasteiger partial charge is 0.393 e. The highest BCUT2D eigenvalue weighted by molar-refractivity contribution is 14.1. The molecule has 0 bridgehead atoms. The Kier molecular flexibility index (Phi) is 7.94. The number of ether oxygens (including phenoxy) is 1. The summed E-state index contributed by atoms with van der Waals surface area (Å²) in [5.41, 5.74) is 5.99. The average molecular weight is 356 g/mol. The lowest BCUT2D eigenvalue weighted by molar-refractivity contribution is 0.0522.